The van der Waals surface area contributed by atoms with Crippen LogP contribution in [0.1, 0.15) is 6.23 Å². The van der Waals surface area contributed by atoms with Crippen LogP contribution < -0.4 is 11.2 Å². The number of H-pyrrole nitrogens is 1. The van der Waals surface area contributed by atoms with Crippen molar-refractivity contribution in [2.45, 2.75) is 55.2 Å². The molecule has 0 bridgehead atoms. The molecule has 2 saturated heterocycles. The molecule has 9 N–H and O–H groups in total. The van der Waals surface area contributed by atoms with Crippen LogP contribution in [0.25, 0.3) is 0 Å². The van der Waals surface area contributed by atoms with E-state index in [1.807, 2.05) is 4.98 Å². The van der Waals surface area contributed by atoms with Crippen molar-refractivity contribution < 1.29 is 77.2 Å². The van der Waals surface area contributed by atoms with E-state index in [0.717, 1.165) is 12.3 Å². The monoisotopic (exact) mass is 580 g/mol. The number of nitrogens with one attached hydrogen (secondary N) is 1. The number of aliphatic hydroxyl groups is 6. The Morgan fingerprint density at radius 3 is 2.22 bits per heavy atom. The summed E-state index contributed by atoms with van der Waals surface area (Å²) in [6.07, 6.45) is -17.2. The summed E-state index contributed by atoms with van der Waals surface area (Å²) in [6.45, 7) is -1.16. The maximum atomic E-state index is 12.8. The fourth-order valence-corrected chi connectivity index (χ4v) is 5.37. The summed E-state index contributed by atoms with van der Waals surface area (Å²) in [5.41, 5.74) is -1.83. The number of aromatic amines is 1. The molecule has 10 atom stereocenters. The highest BCUT2D eigenvalue weighted by molar-refractivity contribution is 7.61. The summed E-state index contributed by atoms with van der Waals surface area (Å²) in [4.78, 5) is 55.4. The standard InChI is InChI=1S/C15H22N2O18P2/c18-5-1-2-17(15(26)16-5)12-9(22)6(19)4(32-12)3-31-37(30,35-36(27,28)29)34-14(25)11-8(21)7(20)10(23)13(24)33-11/h1-2,4,6-13,19-24H,3H2,(H,16,18,26)(H2,27,28,29)/t4-,6-,7+,8+,9-,10-,11+,12-,13-,37?/m1/s1. The molecule has 37 heavy (non-hydrogen) atoms. The summed E-state index contributed by atoms with van der Waals surface area (Å²) in [5.74, 6) is -1.93. The highest BCUT2D eigenvalue weighted by Crippen LogP contribution is 2.61. The minimum atomic E-state index is -5.73. The van der Waals surface area contributed by atoms with Crippen LogP contribution in [-0.4, -0.2) is 112 Å². The fraction of sp³-hybridized carbons (Fsp3) is 0.667. The molecule has 3 heterocycles. The smallest absolute Gasteiger partial charge is 0.387 e. The second-order valence-electron chi connectivity index (χ2n) is 7.71. The summed E-state index contributed by atoms with van der Waals surface area (Å²) in [6, 6.07) is 0.893. The van der Waals surface area contributed by atoms with Crippen LogP contribution in [-0.2, 0) is 36.8 Å². The number of carbonyl (C=O) groups excluding carboxylic acids is 1. The molecule has 1 aromatic heterocycles. The Morgan fingerprint density at radius 1 is 0.973 bits per heavy atom. The van der Waals surface area contributed by atoms with Crippen LogP contribution in [0.15, 0.2) is 21.9 Å². The number of phosphoric acid groups is 2. The molecule has 3 rings (SSSR count). The number of nitrogens with zero attached hydrogens (tertiary/aromatic N) is 1. The SMILES string of the molecule is O=C(OP(=O)(OC[C@H]1O[C@@H](n2ccc(=O)[nH]c2=O)[C@H](O)[C@@H]1O)OP(=O)(O)O)[C@H]1O[C@@H](O)[C@H](O)[C@@H](O)[C@@H]1O. The van der Waals surface area contributed by atoms with E-state index >= 15 is 0 Å². The molecule has 0 amide bonds. The van der Waals surface area contributed by atoms with Gasteiger partial charge in [0.25, 0.3) is 5.56 Å². The molecule has 0 aromatic carbocycles. The average molecular weight is 580 g/mol. The normalized spacial score (nSPS) is 36.2. The van der Waals surface area contributed by atoms with Crippen molar-refractivity contribution in [2.24, 2.45) is 0 Å². The van der Waals surface area contributed by atoms with Gasteiger partial charge < -0.3 is 54.4 Å². The van der Waals surface area contributed by atoms with E-state index in [1.165, 1.54) is 0 Å². The molecular weight excluding hydrogens is 558 g/mol. The molecule has 0 saturated carbocycles. The lowest BCUT2D eigenvalue weighted by molar-refractivity contribution is -0.279. The number of aromatic nitrogens is 2. The molecule has 1 unspecified atom stereocenters. The van der Waals surface area contributed by atoms with Crippen molar-refractivity contribution in [1.29, 1.82) is 0 Å². The van der Waals surface area contributed by atoms with Crippen molar-refractivity contribution >= 4 is 21.6 Å². The summed E-state index contributed by atoms with van der Waals surface area (Å²) in [5, 5.41) is 58.9. The van der Waals surface area contributed by atoms with E-state index in [9.17, 15) is 54.2 Å². The highest BCUT2D eigenvalue weighted by atomic mass is 31.3. The molecule has 2 aliphatic heterocycles. The number of hydrogen-bond acceptors (Lipinski definition) is 16. The van der Waals surface area contributed by atoms with Crippen molar-refractivity contribution in [3.05, 3.63) is 33.1 Å². The first-order valence-electron chi connectivity index (χ1n) is 9.98. The van der Waals surface area contributed by atoms with Crippen molar-refractivity contribution in [3.63, 3.8) is 0 Å². The highest BCUT2D eigenvalue weighted by Gasteiger charge is 2.51. The predicted molar refractivity (Wildman–Crippen MR) is 109 cm³/mol. The Labute approximate surface area is 204 Å². The van der Waals surface area contributed by atoms with Gasteiger partial charge in [-0.3, -0.25) is 18.9 Å². The Morgan fingerprint density at radius 2 is 1.62 bits per heavy atom. The molecule has 22 heteroatoms. The summed E-state index contributed by atoms with van der Waals surface area (Å²) >= 11 is 0. The van der Waals surface area contributed by atoms with E-state index in [0.29, 0.717) is 4.57 Å². The van der Waals surface area contributed by atoms with Gasteiger partial charge in [-0.05, 0) is 0 Å². The van der Waals surface area contributed by atoms with Gasteiger partial charge in [-0.15, -0.1) is 0 Å². The zero-order valence-electron chi connectivity index (χ0n) is 18.1. The maximum absolute atomic E-state index is 12.8. The minimum absolute atomic E-state index is 0.674. The molecule has 2 aliphatic rings. The Balaban J connectivity index is 1.76. The number of carbonyl (C=O) groups is 1. The zero-order chi connectivity index (χ0) is 27.9. The topological polar surface area (TPSA) is 314 Å². The van der Waals surface area contributed by atoms with Gasteiger partial charge in [-0.1, -0.05) is 0 Å². The predicted octanol–water partition coefficient (Wildman–Crippen LogP) is -5.27. The first kappa shape index (κ1) is 29.7. The summed E-state index contributed by atoms with van der Waals surface area (Å²) < 4.78 is 47.5. The van der Waals surface area contributed by atoms with Gasteiger partial charge in [0.15, 0.2) is 18.6 Å². The van der Waals surface area contributed by atoms with Crippen LogP contribution in [0.2, 0.25) is 0 Å². The van der Waals surface area contributed by atoms with Crippen molar-refractivity contribution in [2.75, 3.05) is 6.61 Å². The molecule has 210 valence electrons. The van der Waals surface area contributed by atoms with Gasteiger partial charge in [0.1, 0.15) is 36.6 Å². The molecule has 1 aromatic rings. The third-order valence-electron chi connectivity index (χ3n) is 5.09. The number of rotatable bonds is 8. The minimum Gasteiger partial charge on any atom is -0.387 e. The number of phosphoric ester groups is 1. The van der Waals surface area contributed by atoms with Crippen LogP contribution in [0.4, 0.5) is 0 Å². The third kappa shape index (κ3) is 6.77. The van der Waals surface area contributed by atoms with Crippen LogP contribution >= 0.6 is 15.6 Å². The first-order valence-corrected chi connectivity index (χ1v) is 13.0. The number of aliphatic hydroxyl groups excluding tert-OH is 6. The lowest BCUT2D eigenvalue weighted by Crippen LogP contribution is -2.59. The van der Waals surface area contributed by atoms with E-state index in [4.69, 9.17) is 14.5 Å². The van der Waals surface area contributed by atoms with Crippen molar-refractivity contribution in [1.82, 2.24) is 9.55 Å². The van der Waals surface area contributed by atoms with Gasteiger partial charge in [0.05, 0.1) is 6.61 Å². The number of ether oxygens (including phenoxy) is 2. The maximum Gasteiger partial charge on any atom is 0.541 e. The fourth-order valence-electron chi connectivity index (χ4n) is 3.30. The molecular formula is C15H22N2O18P2. The van der Waals surface area contributed by atoms with Gasteiger partial charge >= 0.3 is 27.3 Å². The molecule has 0 aliphatic carbocycles. The largest absolute Gasteiger partial charge is 0.541 e. The van der Waals surface area contributed by atoms with Gasteiger partial charge in [-0.25, -0.2) is 18.7 Å². The van der Waals surface area contributed by atoms with E-state index in [-0.39, 0.29) is 0 Å². The van der Waals surface area contributed by atoms with Gasteiger partial charge in [-0.2, -0.15) is 4.31 Å². The van der Waals surface area contributed by atoms with E-state index < -0.39 is 94.7 Å². The van der Waals surface area contributed by atoms with Crippen LogP contribution in [0.5, 0.6) is 0 Å². The quantitative estimate of drug-likeness (QED) is 0.130. The number of hydrogen-bond donors (Lipinski definition) is 9. The lowest BCUT2D eigenvalue weighted by Gasteiger charge is -2.37. The first-order chi connectivity index (χ1) is 17.0. The van der Waals surface area contributed by atoms with Gasteiger partial charge in [0, 0.05) is 12.3 Å². The van der Waals surface area contributed by atoms with E-state index in [1.54, 1.807) is 0 Å². The Bertz CT molecular complexity index is 1200. The molecule has 0 spiro atoms. The average Bonchev–Trinajstić information content (AvgIpc) is 3.06. The Hall–Kier alpha value is -1.87. The second-order valence-corrected chi connectivity index (χ2v) is 10.7. The van der Waals surface area contributed by atoms with E-state index in [2.05, 4.69) is 18.1 Å². The lowest BCUT2D eigenvalue weighted by atomic mass is 9.99. The summed E-state index contributed by atoms with van der Waals surface area (Å²) in [7, 11) is -11.4. The molecule has 2 fully saturated rings. The zero-order valence-corrected chi connectivity index (χ0v) is 19.8. The third-order valence-corrected chi connectivity index (χ3v) is 7.61. The van der Waals surface area contributed by atoms with Gasteiger partial charge in [0.2, 0.25) is 0 Å². The molecule has 0 radical (unpaired) electrons. The molecule has 20 nitrogen and oxygen atoms in total. The van der Waals surface area contributed by atoms with Crippen LogP contribution in [0, 0.1) is 0 Å². The van der Waals surface area contributed by atoms with Crippen LogP contribution in [0.3, 0.4) is 0 Å². The Kier molecular flexibility index (Phi) is 8.89. The van der Waals surface area contributed by atoms with Crippen molar-refractivity contribution in [3.8, 4) is 0 Å². The second kappa shape index (κ2) is 11.1.